The highest BCUT2D eigenvalue weighted by molar-refractivity contribution is 5.62. The minimum atomic E-state index is 0.173. The first-order valence-corrected chi connectivity index (χ1v) is 11.0. The van der Waals surface area contributed by atoms with E-state index < -0.39 is 0 Å². The lowest BCUT2D eigenvalue weighted by molar-refractivity contribution is 0.155. The summed E-state index contributed by atoms with van der Waals surface area (Å²) in [6.07, 6.45) is 7.51. The predicted molar refractivity (Wildman–Crippen MR) is 133 cm³/mol. The zero-order valence-corrected chi connectivity index (χ0v) is 19.6. The van der Waals surface area contributed by atoms with Crippen molar-refractivity contribution < 1.29 is 9.84 Å². The number of aliphatic hydroxyl groups is 1. The average molecular weight is 431 g/mol. The molecule has 1 atom stereocenters. The molecule has 3 aromatic rings. The Balaban J connectivity index is 0.000000303. The quantitative estimate of drug-likeness (QED) is 0.424. The van der Waals surface area contributed by atoms with Crippen molar-refractivity contribution in [3.05, 3.63) is 89.6 Å². The van der Waals surface area contributed by atoms with Crippen LogP contribution in [0.15, 0.2) is 67.2 Å². The second-order valence-electron chi connectivity index (χ2n) is 7.99. The highest BCUT2D eigenvalue weighted by atomic mass is 16.5. The lowest BCUT2D eigenvalue weighted by Gasteiger charge is -2.15. The second kappa shape index (κ2) is 13.3. The molecule has 3 rings (SSSR count). The maximum atomic E-state index is 9.36. The summed E-state index contributed by atoms with van der Waals surface area (Å²) in [5, 5.41) is 9.36. The van der Waals surface area contributed by atoms with Crippen LogP contribution in [-0.2, 0) is 0 Å². The topological polar surface area (TPSA) is 55.2 Å². The molecular formula is C28H34N2O2. The van der Waals surface area contributed by atoms with Crippen LogP contribution in [0.2, 0.25) is 0 Å². The molecule has 1 unspecified atom stereocenters. The molecule has 2 aromatic heterocycles. The van der Waals surface area contributed by atoms with Gasteiger partial charge in [-0.1, -0.05) is 32.1 Å². The van der Waals surface area contributed by atoms with Crippen LogP contribution in [0.5, 0.6) is 5.75 Å². The standard InChI is InChI=1S/C19H25NO2.C9H9N/c1-4-5-16(12-21)13-22-18-9-15(3)8-17(10-18)19-7-6-14(2)11-20-19;1-3-4-9-6-5-8(2)10-7-9/h6-11,16,21H,4-5,12-13H2,1-3H3;4-7H,1H2,2H3. The van der Waals surface area contributed by atoms with E-state index in [2.05, 4.69) is 48.3 Å². The van der Waals surface area contributed by atoms with E-state index in [1.54, 1.807) is 12.3 Å². The molecular weight excluding hydrogens is 396 g/mol. The molecule has 2 heterocycles. The first-order valence-electron chi connectivity index (χ1n) is 11.0. The van der Waals surface area contributed by atoms with Crippen molar-refractivity contribution in [3.8, 4) is 17.0 Å². The van der Waals surface area contributed by atoms with Crippen molar-refractivity contribution in [2.75, 3.05) is 13.2 Å². The van der Waals surface area contributed by atoms with Crippen LogP contribution in [0.1, 0.15) is 42.1 Å². The van der Waals surface area contributed by atoms with Crippen LogP contribution in [0.3, 0.4) is 0 Å². The predicted octanol–water partition coefficient (Wildman–Crippen LogP) is 6.34. The maximum Gasteiger partial charge on any atom is 0.120 e. The third kappa shape index (κ3) is 8.50. The molecule has 0 radical (unpaired) electrons. The van der Waals surface area contributed by atoms with Crippen LogP contribution >= 0.6 is 0 Å². The van der Waals surface area contributed by atoms with Crippen LogP contribution < -0.4 is 4.74 Å². The van der Waals surface area contributed by atoms with E-state index in [1.807, 2.05) is 50.4 Å². The number of hydrogen-bond donors (Lipinski definition) is 1. The Hall–Kier alpha value is -3.20. The fourth-order valence-corrected chi connectivity index (χ4v) is 3.15. The molecule has 0 amide bonds. The van der Waals surface area contributed by atoms with Gasteiger partial charge in [-0.2, -0.15) is 0 Å². The van der Waals surface area contributed by atoms with Gasteiger partial charge in [0.25, 0.3) is 0 Å². The normalized spacial score (nSPS) is 11.0. The van der Waals surface area contributed by atoms with Crippen molar-refractivity contribution in [3.63, 3.8) is 0 Å². The number of aromatic nitrogens is 2. The van der Waals surface area contributed by atoms with Crippen LogP contribution in [0.25, 0.3) is 17.3 Å². The van der Waals surface area contributed by atoms with Crippen molar-refractivity contribution >= 4 is 6.08 Å². The molecule has 0 aliphatic heterocycles. The average Bonchev–Trinajstić information content (AvgIpc) is 2.79. The Morgan fingerprint density at radius 2 is 1.84 bits per heavy atom. The fraction of sp³-hybridized carbons (Fsp3) is 0.321. The Labute approximate surface area is 192 Å². The monoisotopic (exact) mass is 430 g/mol. The van der Waals surface area contributed by atoms with Gasteiger partial charge in [0, 0.05) is 41.7 Å². The smallest absolute Gasteiger partial charge is 0.120 e. The molecule has 0 aliphatic carbocycles. The van der Waals surface area contributed by atoms with Crippen molar-refractivity contribution in [2.45, 2.75) is 40.5 Å². The molecule has 168 valence electrons. The summed E-state index contributed by atoms with van der Waals surface area (Å²) < 4.78 is 5.89. The molecule has 1 aromatic carbocycles. The first kappa shape index (κ1) is 25.1. The molecule has 0 saturated heterocycles. The summed E-state index contributed by atoms with van der Waals surface area (Å²) >= 11 is 0. The van der Waals surface area contributed by atoms with Crippen molar-refractivity contribution in [1.82, 2.24) is 9.97 Å². The molecule has 32 heavy (non-hydrogen) atoms. The number of nitrogens with zero attached hydrogens (tertiary/aromatic N) is 2. The number of aliphatic hydroxyl groups excluding tert-OH is 1. The highest BCUT2D eigenvalue weighted by Crippen LogP contribution is 2.25. The maximum absolute atomic E-state index is 9.36. The van der Waals surface area contributed by atoms with E-state index in [4.69, 9.17) is 4.74 Å². The summed E-state index contributed by atoms with van der Waals surface area (Å²) in [6.45, 7) is 12.4. The molecule has 0 fully saturated rings. The number of pyridine rings is 2. The van der Waals surface area contributed by atoms with E-state index in [9.17, 15) is 5.11 Å². The molecule has 0 saturated carbocycles. The van der Waals surface area contributed by atoms with E-state index in [0.717, 1.165) is 52.2 Å². The van der Waals surface area contributed by atoms with Crippen molar-refractivity contribution in [1.29, 1.82) is 0 Å². The number of benzene rings is 1. The van der Waals surface area contributed by atoms with Crippen molar-refractivity contribution in [2.24, 2.45) is 5.92 Å². The van der Waals surface area contributed by atoms with E-state index >= 15 is 0 Å². The number of rotatable bonds is 8. The summed E-state index contributed by atoms with van der Waals surface area (Å²) in [5.41, 5.74) is 9.07. The minimum absolute atomic E-state index is 0.173. The van der Waals surface area contributed by atoms with Gasteiger partial charge in [-0.3, -0.25) is 9.97 Å². The number of aryl methyl sites for hydroxylation is 3. The van der Waals surface area contributed by atoms with Gasteiger partial charge in [-0.05, 0) is 74.7 Å². The van der Waals surface area contributed by atoms with Crippen LogP contribution in [0.4, 0.5) is 0 Å². The van der Waals surface area contributed by atoms with Gasteiger partial charge in [0.1, 0.15) is 5.75 Å². The first-order chi connectivity index (χ1) is 15.4. The van der Waals surface area contributed by atoms with E-state index in [-0.39, 0.29) is 12.5 Å². The van der Waals surface area contributed by atoms with Gasteiger partial charge in [-0.25, -0.2) is 0 Å². The van der Waals surface area contributed by atoms with Gasteiger partial charge < -0.3 is 9.84 Å². The third-order valence-corrected chi connectivity index (χ3v) is 4.90. The zero-order valence-electron chi connectivity index (χ0n) is 19.6. The van der Waals surface area contributed by atoms with E-state index in [1.165, 1.54) is 0 Å². The van der Waals surface area contributed by atoms with Gasteiger partial charge in [0.15, 0.2) is 0 Å². The Morgan fingerprint density at radius 3 is 2.44 bits per heavy atom. The summed E-state index contributed by atoms with van der Waals surface area (Å²) in [4.78, 5) is 8.57. The number of hydrogen-bond acceptors (Lipinski definition) is 4. The SMILES string of the molecule is C=C=Cc1ccc(C)nc1.CCCC(CO)COc1cc(C)cc(-c2ccc(C)cn2)c1. The molecule has 0 spiro atoms. The van der Waals surface area contributed by atoms with Gasteiger partial charge in [0.2, 0.25) is 0 Å². The molecule has 0 aliphatic rings. The molecule has 4 heteroatoms. The lowest BCUT2D eigenvalue weighted by Crippen LogP contribution is -2.15. The third-order valence-electron chi connectivity index (χ3n) is 4.90. The summed E-state index contributed by atoms with van der Waals surface area (Å²) in [6, 6.07) is 14.2. The van der Waals surface area contributed by atoms with Gasteiger partial charge in [-0.15, -0.1) is 5.73 Å². The van der Waals surface area contributed by atoms with Gasteiger partial charge in [0.05, 0.1) is 12.3 Å². The summed E-state index contributed by atoms with van der Waals surface area (Å²) in [5.74, 6) is 1.04. The lowest BCUT2D eigenvalue weighted by atomic mass is 10.1. The van der Waals surface area contributed by atoms with Gasteiger partial charge >= 0.3 is 0 Å². The zero-order chi connectivity index (χ0) is 23.3. The molecule has 0 bridgehead atoms. The fourth-order valence-electron chi connectivity index (χ4n) is 3.15. The molecule has 4 nitrogen and oxygen atoms in total. The van der Waals surface area contributed by atoms with Crippen LogP contribution in [-0.4, -0.2) is 28.3 Å². The second-order valence-corrected chi connectivity index (χ2v) is 7.99. The minimum Gasteiger partial charge on any atom is -0.493 e. The van der Waals surface area contributed by atoms with E-state index in [0.29, 0.717) is 6.61 Å². The Kier molecular flexibility index (Phi) is 10.4. The largest absolute Gasteiger partial charge is 0.493 e. The summed E-state index contributed by atoms with van der Waals surface area (Å²) in [7, 11) is 0. The highest BCUT2D eigenvalue weighted by Gasteiger charge is 2.09. The number of ether oxygens (including phenoxy) is 1. The van der Waals surface area contributed by atoms with Crippen LogP contribution in [0, 0.1) is 26.7 Å². The molecule has 1 N–H and O–H groups in total. The Bertz CT molecular complexity index is 1000. The Morgan fingerprint density at radius 1 is 1.03 bits per heavy atom.